The number of piperidine rings is 3. The maximum absolute atomic E-state index is 15.4. The number of benzene rings is 3. The molecule has 3 amide bonds. The molecular formula is C50H57FN10O3. The predicted octanol–water partition coefficient (Wildman–Crippen LogP) is 6.92. The summed E-state index contributed by atoms with van der Waals surface area (Å²) >= 11 is 0. The summed E-state index contributed by atoms with van der Waals surface area (Å²) in [7, 11) is 2.12. The summed E-state index contributed by atoms with van der Waals surface area (Å²) in [6.07, 6.45) is 8.55. The Bertz CT molecular complexity index is 2680. The summed E-state index contributed by atoms with van der Waals surface area (Å²) in [6, 6.07) is 24.0. The van der Waals surface area contributed by atoms with Crippen molar-refractivity contribution in [1.82, 2.24) is 39.8 Å². The van der Waals surface area contributed by atoms with E-state index in [9.17, 15) is 14.4 Å². The highest BCUT2D eigenvalue weighted by Crippen LogP contribution is 2.34. The van der Waals surface area contributed by atoms with Gasteiger partial charge in [0.1, 0.15) is 17.5 Å². The highest BCUT2D eigenvalue weighted by atomic mass is 19.1. The van der Waals surface area contributed by atoms with Gasteiger partial charge in [0, 0.05) is 99.2 Å². The van der Waals surface area contributed by atoms with Crippen molar-refractivity contribution in [2.24, 2.45) is 13.0 Å². The number of nitrogens with one attached hydrogen (secondary N) is 3. The first kappa shape index (κ1) is 41.9. The first-order valence-electron chi connectivity index (χ1n) is 23.0. The lowest BCUT2D eigenvalue weighted by atomic mass is 9.88. The molecule has 0 radical (unpaired) electrons. The van der Waals surface area contributed by atoms with Gasteiger partial charge in [-0.1, -0.05) is 18.2 Å². The van der Waals surface area contributed by atoms with E-state index in [0.29, 0.717) is 29.6 Å². The molecule has 13 nitrogen and oxygen atoms in total. The molecule has 0 bridgehead atoms. The summed E-state index contributed by atoms with van der Waals surface area (Å²) in [5, 5.41) is 14.9. The third-order valence-electron chi connectivity index (χ3n) is 14.4. The number of hydrogen-bond donors (Lipinski definition) is 3. The lowest BCUT2D eigenvalue weighted by molar-refractivity contribution is -0.133. The lowest BCUT2D eigenvalue weighted by Crippen LogP contribution is -2.54. The molecule has 3 aromatic carbocycles. The van der Waals surface area contributed by atoms with E-state index in [0.717, 1.165) is 112 Å². The molecule has 64 heavy (non-hydrogen) atoms. The average Bonchev–Trinajstić information content (AvgIpc) is 3.92. The number of nitrogens with zero attached hydrogens (tertiary/aromatic N) is 7. The van der Waals surface area contributed by atoms with Crippen molar-refractivity contribution in [3.63, 3.8) is 0 Å². The summed E-state index contributed by atoms with van der Waals surface area (Å²) in [4.78, 5) is 51.3. The van der Waals surface area contributed by atoms with Crippen LogP contribution in [-0.2, 0) is 23.2 Å². The molecule has 4 aliphatic heterocycles. The minimum atomic E-state index is -0.553. The highest BCUT2D eigenvalue weighted by molar-refractivity contribution is 6.01. The topological polar surface area (TPSA) is 135 Å². The van der Waals surface area contributed by atoms with Crippen molar-refractivity contribution in [3.8, 4) is 11.1 Å². The molecule has 4 saturated heterocycles. The van der Waals surface area contributed by atoms with Gasteiger partial charge in [-0.05, 0) is 135 Å². The number of halogens is 1. The van der Waals surface area contributed by atoms with Gasteiger partial charge >= 0.3 is 0 Å². The molecule has 1 unspecified atom stereocenters. The minimum absolute atomic E-state index is 0.122. The highest BCUT2D eigenvalue weighted by Gasteiger charge is 2.31. The van der Waals surface area contributed by atoms with E-state index >= 15 is 4.39 Å². The Morgan fingerprint density at radius 1 is 0.891 bits per heavy atom. The SMILES string of the molecule is C[C@H]1CN(c2ccc(NC3CCC(=O)NC3=O)cc2F)CCN1CC1CCN(C(=O)c2ccc(C3CCN(Cc4cc5c(-c6ccc7[nH]ncc7c6)ccnc5n4C)CC3)cc2)CC1. The molecule has 2 atom stereocenters. The van der Waals surface area contributed by atoms with E-state index in [1.54, 1.807) is 12.1 Å². The number of H-pyrrole nitrogens is 1. The number of piperazine rings is 1. The third-order valence-corrected chi connectivity index (χ3v) is 14.4. The Morgan fingerprint density at radius 2 is 1.70 bits per heavy atom. The molecule has 4 aliphatic rings. The van der Waals surface area contributed by atoms with Crippen LogP contribution in [-0.4, -0.2) is 117 Å². The molecule has 0 spiro atoms. The van der Waals surface area contributed by atoms with Crippen molar-refractivity contribution in [1.29, 1.82) is 0 Å². The number of aromatic amines is 1. The van der Waals surface area contributed by atoms with Crippen molar-refractivity contribution in [2.75, 3.05) is 62.6 Å². The van der Waals surface area contributed by atoms with E-state index in [1.165, 1.54) is 28.3 Å². The first-order valence-corrected chi connectivity index (χ1v) is 23.0. The summed E-state index contributed by atoms with van der Waals surface area (Å²) in [5.74, 6) is 0.138. The third kappa shape index (κ3) is 8.60. The van der Waals surface area contributed by atoms with E-state index < -0.39 is 6.04 Å². The minimum Gasteiger partial charge on any atom is -0.374 e. The number of anilines is 2. The fourth-order valence-corrected chi connectivity index (χ4v) is 10.5. The van der Waals surface area contributed by atoms with Gasteiger partial charge in [0.05, 0.1) is 17.4 Å². The molecule has 332 valence electrons. The number of pyridine rings is 1. The van der Waals surface area contributed by atoms with E-state index in [1.807, 2.05) is 29.4 Å². The molecule has 0 aliphatic carbocycles. The number of amides is 3. The van der Waals surface area contributed by atoms with Gasteiger partial charge in [-0.3, -0.25) is 34.6 Å². The molecule has 3 N–H and O–H groups in total. The summed E-state index contributed by atoms with van der Waals surface area (Å²) < 4.78 is 17.6. The normalized spacial score (nSPS) is 20.9. The molecule has 7 heterocycles. The maximum Gasteiger partial charge on any atom is 0.253 e. The molecule has 10 rings (SSSR count). The number of imide groups is 1. The maximum atomic E-state index is 15.4. The second-order valence-electron chi connectivity index (χ2n) is 18.5. The largest absolute Gasteiger partial charge is 0.374 e. The number of aromatic nitrogens is 4. The van der Waals surface area contributed by atoms with Crippen LogP contribution in [0.3, 0.4) is 0 Å². The average molecular weight is 865 g/mol. The Kier molecular flexibility index (Phi) is 11.6. The molecule has 4 fully saturated rings. The monoisotopic (exact) mass is 864 g/mol. The molecule has 6 aromatic rings. The van der Waals surface area contributed by atoms with Gasteiger partial charge in [0.15, 0.2) is 0 Å². The lowest BCUT2D eigenvalue weighted by Gasteiger charge is -2.43. The Balaban J connectivity index is 0.672. The molecule has 14 heteroatoms. The standard InChI is InChI=1S/C50H57FN10O3/c1-32-29-61(46-11-8-39(26-43(46)51)54-45-10-12-47(62)55-49(45)63)24-23-60(32)30-33-14-21-59(22-15-33)50(64)36-5-3-34(4-6-36)35-16-19-58(20-17-35)31-40-27-42-41(13-18-52-48(42)57(40)2)37-7-9-44-38(25-37)28-53-56-44/h3-9,11,13,18,25-28,32-33,35,45,54H,10,12,14-17,19-24,29-31H2,1-2H3,(H,53,56)(H,55,62,63)/t32-,45?/m0/s1. The second kappa shape index (κ2) is 17.8. The summed E-state index contributed by atoms with van der Waals surface area (Å²) in [5.41, 5.74) is 8.82. The van der Waals surface area contributed by atoms with Crippen molar-refractivity contribution in [2.45, 2.75) is 70.0 Å². The van der Waals surface area contributed by atoms with Crippen molar-refractivity contribution in [3.05, 3.63) is 108 Å². The van der Waals surface area contributed by atoms with Gasteiger partial charge in [0.2, 0.25) is 11.8 Å². The Hall–Kier alpha value is -6.12. The van der Waals surface area contributed by atoms with Gasteiger partial charge in [-0.15, -0.1) is 0 Å². The Labute approximate surface area is 373 Å². The van der Waals surface area contributed by atoms with Gasteiger partial charge in [-0.25, -0.2) is 9.37 Å². The van der Waals surface area contributed by atoms with E-state index in [2.05, 4.69) is 96.5 Å². The van der Waals surface area contributed by atoms with Crippen molar-refractivity contribution >= 4 is 51.0 Å². The fourth-order valence-electron chi connectivity index (χ4n) is 10.5. The molecule has 0 saturated carbocycles. The predicted molar refractivity (Wildman–Crippen MR) is 248 cm³/mol. The number of aryl methyl sites for hydroxylation is 1. The zero-order valence-electron chi connectivity index (χ0n) is 36.7. The molecule has 3 aromatic heterocycles. The number of hydrogen-bond acceptors (Lipinski definition) is 9. The van der Waals surface area contributed by atoms with Crippen LogP contribution in [0.1, 0.15) is 73.0 Å². The smallest absolute Gasteiger partial charge is 0.253 e. The van der Waals surface area contributed by atoms with Crippen LogP contribution < -0.4 is 15.5 Å². The summed E-state index contributed by atoms with van der Waals surface area (Å²) in [6.45, 7) is 9.92. The zero-order valence-corrected chi connectivity index (χ0v) is 36.7. The van der Waals surface area contributed by atoms with Crippen LogP contribution in [0, 0.1) is 11.7 Å². The van der Waals surface area contributed by atoms with Crippen LogP contribution in [0.2, 0.25) is 0 Å². The first-order chi connectivity index (χ1) is 31.1. The van der Waals surface area contributed by atoms with E-state index in [4.69, 9.17) is 4.98 Å². The number of carbonyl (C=O) groups excluding carboxylic acids is 3. The number of fused-ring (bicyclic) bond motifs is 2. The zero-order chi connectivity index (χ0) is 43.9. The number of carbonyl (C=O) groups is 3. The van der Waals surface area contributed by atoms with Gasteiger partial charge < -0.3 is 19.7 Å². The second-order valence-corrected chi connectivity index (χ2v) is 18.5. The number of rotatable bonds is 10. The number of likely N-dealkylation sites (tertiary alicyclic amines) is 2. The van der Waals surface area contributed by atoms with Crippen molar-refractivity contribution < 1.29 is 18.8 Å². The molecular weight excluding hydrogens is 808 g/mol. The van der Waals surface area contributed by atoms with Crippen LogP contribution in [0.25, 0.3) is 33.1 Å². The van der Waals surface area contributed by atoms with Crippen LogP contribution in [0.4, 0.5) is 15.8 Å². The fraction of sp³-hybridized carbons (Fsp3) is 0.420. The van der Waals surface area contributed by atoms with E-state index in [-0.39, 0.29) is 36.0 Å². The van der Waals surface area contributed by atoms with Crippen LogP contribution in [0.5, 0.6) is 0 Å². The quantitative estimate of drug-likeness (QED) is 0.126. The van der Waals surface area contributed by atoms with Crippen LogP contribution in [0.15, 0.2) is 85.2 Å². The van der Waals surface area contributed by atoms with Crippen LogP contribution >= 0.6 is 0 Å². The Morgan fingerprint density at radius 3 is 2.47 bits per heavy atom. The van der Waals surface area contributed by atoms with Gasteiger partial charge in [0.25, 0.3) is 5.91 Å². The van der Waals surface area contributed by atoms with Gasteiger partial charge in [-0.2, -0.15) is 5.10 Å².